The van der Waals surface area contributed by atoms with Crippen molar-refractivity contribution in [3.8, 4) is 0 Å². The third-order valence-corrected chi connectivity index (χ3v) is 4.70. The third kappa shape index (κ3) is 4.70. The highest BCUT2D eigenvalue weighted by molar-refractivity contribution is 5.89. The SMILES string of the molecule is CC(O)C(NC(=O)C1CC1)C(=O)NC1CCC(C)(C)CC1. The monoisotopic (exact) mass is 296 g/mol. The molecule has 0 aliphatic heterocycles. The van der Waals surface area contributed by atoms with Gasteiger partial charge in [0.05, 0.1) is 6.10 Å². The number of amides is 2. The molecule has 2 aliphatic carbocycles. The average Bonchev–Trinajstić information content (AvgIpc) is 3.22. The Morgan fingerprint density at radius 2 is 1.71 bits per heavy atom. The molecule has 0 bridgehead atoms. The van der Waals surface area contributed by atoms with Crippen LogP contribution in [0.5, 0.6) is 0 Å². The lowest BCUT2D eigenvalue weighted by atomic mass is 9.75. The molecule has 3 N–H and O–H groups in total. The summed E-state index contributed by atoms with van der Waals surface area (Å²) < 4.78 is 0. The lowest BCUT2D eigenvalue weighted by molar-refractivity contribution is -0.132. The molecular formula is C16H28N2O3. The van der Waals surface area contributed by atoms with E-state index in [-0.39, 0.29) is 23.8 Å². The highest BCUT2D eigenvalue weighted by atomic mass is 16.3. The molecule has 2 rings (SSSR count). The lowest BCUT2D eigenvalue weighted by Crippen LogP contribution is -2.55. The van der Waals surface area contributed by atoms with Crippen LogP contribution in [0.15, 0.2) is 0 Å². The van der Waals surface area contributed by atoms with Crippen molar-refractivity contribution in [1.29, 1.82) is 0 Å². The zero-order valence-corrected chi connectivity index (χ0v) is 13.3. The Morgan fingerprint density at radius 1 is 1.14 bits per heavy atom. The molecule has 0 saturated heterocycles. The van der Waals surface area contributed by atoms with Crippen LogP contribution in [0.2, 0.25) is 0 Å². The van der Waals surface area contributed by atoms with E-state index in [0.717, 1.165) is 38.5 Å². The van der Waals surface area contributed by atoms with Crippen molar-refractivity contribution in [3.05, 3.63) is 0 Å². The van der Waals surface area contributed by atoms with Gasteiger partial charge in [-0.25, -0.2) is 0 Å². The number of rotatable bonds is 5. The first-order valence-corrected chi connectivity index (χ1v) is 8.07. The van der Waals surface area contributed by atoms with Crippen LogP contribution in [0.1, 0.15) is 59.3 Å². The van der Waals surface area contributed by atoms with Gasteiger partial charge in [-0.05, 0) is 50.9 Å². The predicted molar refractivity (Wildman–Crippen MR) is 80.5 cm³/mol. The number of aliphatic hydroxyl groups is 1. The molecule has 2 unspecified atom stereocenters. The summed E-state index contributed by atoms with van der Waals surface area (Å²) in [6, 6.07) is -0.683. The number of aliphatic hydroxyl groups excluding tert-OH is 1. The van der Waals surface area contributed by atoms with Crippen LogP contribution in [-0.4, -0.2) is 35.1 Å². The molecule has 2 aliphatic rings. The number of hydrogen-bond acceptors (Lipinski definition) is 3. The van der Waals surface area contributed by atoms with E-state index < -0.39 is 12.1 Å². The molecule has 0 aromatic rings. The molecule has 5 heteroatoms. The number of hydrogen-bond donors (Lipinski definition) is 3. The summed E-state index contributed by atoms with van der Waals surface area (Å²) >= 11 is 0. The second kappa shape index (κ2) is 6.34. The first-order chi connectivity index (χ1) is 9.78. The summed E-state index contributed by atoms with van der Waals surface area (Å²) in [7, 11) is 0. The minimum atomic E-state index is -0.882. The zero-order valence-electron chi connectivity index (χ0n) is 13.3. The highest BCUT2D eigenvalue weighted by Crippen LogP contribution is 2.35. The Kier molecular flexibility index (Phi) is 4.91. The van der Waals surface area contributed by atoms with Crippen LogP contribution >= 0.6 is 0 Å². The Morgan fingerprint density at radius 3 is 2.19 bits per heavy atom. The van der Waals surface area contributed by atoms with Crippen molar-refractivity contribution in [2.75, 3.05) is 0 Å². The molecule has 0 aromatic carbocycles. The maximum atomic E-state index is 12.3. The van der Waals surface area contributed by atoms with Crippen LogP contribution in [0.25, 0.3) is 0 Å². The fourth-order valence-corrected chi connectivity index (χ4v) is 2.86. The average molecular weight is 296 g/mol. The van der Waals surface area contributed by atoms with E-state index in [4.69, 9.17) is 0 Å². The van der Waals surface area contributed by atoms with E-state index in [1.807, 2.05) is 0 Å². The fraction of sp³-hybridized carbons (Fsp3) is 0.875. The first kappa shape index (κ1) is 16.3. The molecule has 0 radical (unpaired) electrons. The van der Waals surface area contributed by atoms with Gasteiger partial charge in [0.15, 0.2) is 0 Å². The van der Waals surface area contributed by atoms with Crippen molar-refractivity contribution in [3.63, 3.8) is 0 Å². The lowest BCUT2D eigenvalue weighted by Gasteiger charge is -2.35. The van der Waals surface area contributed by atoms with Crippen LogP contribution in [-0.2, 0) is 9.59 Å². The molecular weight excluding hydrogens is 268 g/mol. The molecule has 0 spiro atoms. The topological polar surface area (TPSA) is 78.4 Å². The van der Waals surface area contributed by atoms with E-state index in [9.17, 15) is 14.7 Å². The molecule has 0 heterocycles. The molecule has 2 fully saturated rings. The Labute approximate surface area is 126 Å². The second-order valence-corrected chi connectivity index (χ2v) is 7.45. The van der Waals surface area contributed by atoms with Crippen molar-refractivity contribution in [2.45, 2.75) is 77.5 Å². The van der Waals surface area contributed by atoms with E-state index in [0.29, 0.717) is 5.41 Å². The van der Waals surface area contributed by atoms with E-state index in [1.54, 1.807) is 6.92 Å². The fourth-order valence-electron chi connectivity index (χ4n) is 2.86. The van der Waals surface area contributed by atoms with Gasteiger partial charge in [-0.1, -0.05) is 13.8 Å². The van der Waals surface area contributed by atoms with Crippen molar-refractivity contribution in [1.82, 2.24) is 10.6 Å². The zero-order chi connectivity index (χ0) is 15.6. The maximum absolute atomic E-state index is 12.3. The van der Waals surface area contributed by atoms with Gasteiger partial charge >= 0.3 is 0 Å². The predicted octanol–water partition coefficient (Wildman–Crippen LogP) is 1.35. The quantitative estimate of drug-likeness (QED) is 0.716. The van der Waals surface area contributed by atoms with Gasteiger partial charge in [0, 0.05) is 12.0 Å². The van der Waals surface area contributed by atoms with Crippen molar-refractivity contribution < 1.29 is 14.7 Å². The van der Waals surface area contributed by atoms with Gasteiger partial charge in [0.1, 0.15) is 6.04 Å². The minimum absolute atomic E-state index is 0.0366. The molecule has 2 saturated carbocycles. The van der Waals surface area contributed by atoms with E-state index in [2.05, 4.69) is 24.5 Å². The van der Waals surface area contributed by atoms with Crippen LogP contribution < -0.4 is 10.6 Å². The Bertz CT molecular complexity index is 392. The van der Waals surface area contributed by atoms with Gasteiger partial charge < -0.3 is 15.7 Å². The van der Waals surface area contributed by atoms with Crippen LogP contribution in [0.3, 0.4) is 0 Å². The molecule has 21 heavy (non-hydrogen) atoms. The van der Waals surface area contributed by atoms with Gasteiger partial charge in [-0.15, -0.1) is 0 Å². The Hall–Kier alpha value is -1.10. The third-order valence-electron chi connectivity index (χ3n) is 4.70. The summed E-state index contributed by atoms with van der Waals surface area (Å²) in [5.41, 5.74) is 0.352. The van der Waals surface area contributed by atoms with Gasteiger partial charge in [-0.2, -0.15) is 0 Å². The summed E-state index contributed by atoms with van der Waals surface area (Å²) in [6.07, 6.45) is 4.99. The molecule has 2 amide bonds. The second-order valence-electron chi connectivity index (χ2n) is 7.45. The van der Waals surface area contributed by atoms with E-state index >= 15 is 0 Å². The number of carbonyl (C=O) groups is 2. The smallest absolute Gasteiger partial charge is 0.245 e. The van der Waals surface area contributed by atoms with Crippen LogP contribution in [0.4, 0.5) is 0 Å². The number of nitrogens with one attached hydrogen (secondary N) is 2. The summed E-state index contributed by atoms with van der Waals surface area (Å²) in [4.78, 5) is 24.1. The first-order valence-electron chi connectivity index (χ1n) is 8.07. The van der Waals surface area contributed by atoms with E-state index in [1.165, 1.54) is 0 Å². The van der Waals surface area contributed by atoms with Crippen molar-refractivity contribution >= 4 is 11.8 Å². The molecule has 2 atom stereocenters. The molecule has 120 valence electrons. The minimum Gasteiger partial charge on any atom is -0.391 e. The summed E-state index contributed by atoms with van der Waals surface area (Å²) in [6.45, 7) is 6.04. The standard InChI is InChI=1S/C16H28N2O3/c1-10(19)13(18-14(20)11-4-5-11)15(21)17-12-6-8-16(2,3)9-7-12/h10-13,19H,4-9H2,1-3H3,(H,17,21)(H,18,20). The van der Waals surface area contributed by atoms with Gasteiger partial charge in [-0.3, -0.25) is 9.59 Å². The molecule has 0 aromatic heterocycles. The summed E-state index contributed by atoms with van der Waals surface area (Å²) in [5, 5.41) is 15.4. The molecule has 5 nitrogen and oxygen atoms in total. The largest absolute Gasteiger partial charge is 0.391 e. The highest BCUT2D eigenvalue weighted by Gasteiger charge is 2.35. The normalized spacial score (nSPS) is 25.0. The van der Waals surface area contributed by atoms with Crippen molar-refractivity contribution in [2.24, 2.45) is 11.3 Å². The number of carbonyl (C=O) groups excluding carboxylic acids is 2. The van der Waals surface area contributed by atoms with Crippen LogP contribution in [0, 0.1) is 11.3 Å². The van der Waals surface area contributed by atoms with Gasteiger partial charge in [0.25, 0.3) is 0 Å². The Balaban J connectivity index is 1.85. The summed E-state index contributed by atoms with van der Waals surface area (Å²) in [5.74, 6) is -0.334. The van der Waals surface area contributed by atoms with Gasteiger partial charge in [0.2, 0.25) is 11.8 Å². The maximum Gasteiger partial charge on any atom is 0.245 e.